The lowest BCUT2D eigenvalue weighted by Crippen LogP contribution is -2.22. The molecule has 0 atom stereocenters. The van der Waals surface area contributed by atoms with Crippen molar-refractivity contribution in [2.75, 3.05) is 5.32 Å². The van der Waals surface area contributed by atoms with Crippen LogP contribution in [0.15, 0.2) is 63.4 Å². The fraction of sp³-hybridized carbons (Fsp3) is 0.118. The van der Waals surface area contributed by atoms with Crippen LogP contribution in [-0.2, 0) is 16.6 Å². The Bertz CT molecular complexity index is 1090. The van der Waals surface area contributed by atoms with Crippen LogP contribution in [0.1, 0.15) is 15.4 Å². The van der Waals surface area contributed by atoms with Crippen LogP contribution in [0.25, 0.3) is 0 Å². The van der Waals surface area contributed by atoms with Gasteiger partial charge in [0.25, 0.3) is 15.9 Å². The van der Waals surface area contributed by atoms with Gasteiger partial charge in [-0.15, -0.1) is 24.5 Å². The van der Waals surface area contributed by atoms with Gasteiger partial charge in [-0.05, 0) is 35.7 Å². The second kappa shape index (κ2) is 8.27. The molecule has 7 nitrogen and oxygen atoms in total. The topological polar surface area (TPSA) is 97.6 Å². The molecule has 0 bridgehead atoms. The Balaban J connectivity index is 1.67. The van der Waals surface area contributed by atoms with E-state index in [1.807, 2.05) is 0 Å². The molecule has 12 heteroatoms. The number of carbonyl (C=O) groups is 1. The van der Waals surface area contributed by atoms with E-state index in [2.05, 4.69) is 14.8 Å². The molecular weight excluding hydrogens is 433 g/mol. The van der Waals surface area contributed by atoms with Crippen LogP contribution in [0.2, 0.25) is 0 Å². The number of amides is 1. The van der Waals surface area contributed by atoms with Crippen LogP contribution in [0.3, 0.4) is 0 Å². The third-order valence-electron chi connectivity index (χ3n) is 3.41. The number of sulfonamides is 1. The number of rotatable bonds is 7. The minimum absolute atomic E-state index is 0.00776. The molecule has 0 aliphatic heterocycles. The zero-order valence-electron chi connectivity index (χ0n) is 14.4. The lowest BCUT2D eigenvalue weighted by atomic mass is 10.3. The summed E-state index contributed by atoms with van der Waals surface area (Å²) in [5.74, 6) is -1.69. The van der Waals surface area contributed by atoms with Crippen molar-refractivity contribution in [2.45, 2.75) is 18.0 Å². The fourth-order valence-electron chi connectivity index (χ4n) is 2.20. The fourth-order valence-corrected chi connectivity index (χ4v) is 3.87. The van der Waals surface area contributed by atoms with E-state index in [1.54, 1.807) is 17.5 Å². The summed E-state index contributed by atoms with van der Waals surface area (Å²) in [7, 11) is -3.98. The Morgan fingerprint density at radius 3 is 2.62 bits per heavy atom. The van der Waals surface area contributed by atoms with Crippen molar-refractivity contribution in [1.82, 2.24) is 4.72 Å². The van der Waals surface area contributed by atoms with Crippen molar-refractivity contribution in [2.24, 2.45) is 0 Å². The Hall–Kier alpha value is -2.83. The molecule has 154 valence electrons. The van der Waals surface area contributed by atoms with Gasteiger partial charge >= 0.3 is 6.36 Å². The first kappa shape index (κ1) is 20.9. The standard InChI is InChI=1S/C17H13F3N2O5S2/c18-17(19,20)27-12-4-1-3-11(9-12)22-16(23)14-6-7-15(26-14)29(24,25)21-10-13-5-2-8-28-13/h1-9,21H,10H2,(H,22,23). The van der Waals surface area contributed by atoms with Crippen molar-refractivity contribution >= 4 is 33.0 Å². The van der Waals surface area contributed by atoms with Crippen molar-refractivity contribution < 1.29 is 35.5 Å². The summed E-state index contributed by atoms with van der Waals surface area (Å²) in [4.78, 5) is 13.0. The molecule has 0 aliphatic carbocycles. The lowest BCUT2D eigenvalue weighted by Gasteiger charge is -2.10. The molecule has 2 N–H and O–H groups in total. The van der Waals surface area contributed by atoms with Crippen LogP contribution >= 0.6 is 11.3 Å². The van der Waals surface area contributed by atoms with E-state index >= 15 is 0 Å². The minimum Gasteiger partial charge on any atom is -0.438 e. The molecule has 0 spiro atoms. The minimum atomic E-state index is -4.87. The summed E-state index contributed by atoms with van der Waals surface area (Å²) >= 11 is 1.37. The Kier molecular flexibility index (Phi) is 5.96. The molecule has 29 heavy (non-hydrogen) atoms. The average Bonchev–Trinajstić information content (AvgIpc) is 3.31. The Morgan fingerprint density at radius 2 is 1.93 bits per heavy atom. The van der Waals surface area contributed by atoms with E-state index in [4.69, 9.17) is 4.42 Å². The Morgan fingerprint density at radius 1 is 1.14 bits per heavy atom. The van der Waals surface area contributed by atoms with Crippen LogP contribution < -0.4 is 14.8 Å². The molecule has 0 saturated carbocycles. The number of ether oxygens (including phenoxy) is 1. The summed E-state index contributed by atoms with van der Waals surface area (Å²) in [6, 6.07) is 10.4. The van der Waals surface area contributed by atoms with Crippen LogP contribution in [-0.4, -0.2) is 20.7 Å². The lowest BCUT2D eigenvalue weighted by molar-refractivity contribution is -0.274. The van der Waals surface area contributed by atoms with E-state index in [-0.39, 0.29) is 18.0 Å². The molecule has 1 amide bonds. The number of thiophene rings is 1. The van der Waals surface area contributed by atoms with Crippen LogP contribution in [0.4, 0.5) is 18.9 Å². The number of hydrogen-bond donors (Lipinski definition) is 2. The highest BCUT2D eigenvalue weighted by Crippen LogP contribution is 2.25. The normalized spacial score (nSPS) is 12.0. The van der Waals surface area contributed by atoms with Crippen molar-refractivity contribution in [3.8, 4) is 5.75 Å². The first-order valence-corrected chi connectivity index (χ1v) is 10.3. The average molecular weight is 446 g/mol. The summed E-state index contributed by atoms with van der Waals surface area (Å²) in [6.07, 6.45) is -4.87. The summed E-state index contributed by atoms with van der Waals surface area (Å²) < 4.78 is 72.5. The predicted molar refractivity (Wildman–Crippen MR) is 98.1 cm³/mol. The third-order valence-corrected chi connectivity index (χ3v) is 5.56. The first-order valence-electron chi connectivity index (χ1n) is 7.91. The monoisotopic (exact) mass is 446 g/mol. The smallest absolute Gasteiger partial charge is 0.438 e. The van der Waals surface area contributed by atoms with Crippen molar-refractivity contribution in [3.63, 3.8) is 0 Å². The van der Waals surface area contributed by atoms with E-state index in [1.165, 1.54) is 23.5 Å². The van der Waals surface area contributed by atoms with Gasteiger partial charge in [0, 0.05) is 23.2 Å². The van der Waals surface area contributed by atoms with Crippen molar-refractivity contribution in [1.29, 1.82) is 0 Å². The predicted octanol–water partition coefficient (Wildman–Crippen LogP) is 3.97. The van der Waals surface area contributed by atoms with Gasteiger partial charge in [-0.2, -0.15) is 0 Å². The summed E-state index contributed by atoms with van der Waals surface area (Å²) in [5.41, 5.74) is 0.00776. The molecule has 3 aromatic rings. The molecule has 0 saturated heterocycles. The number of carbonyl (C=O) groups excluding carboxylic acids is 1. The van der Waals surface area contributed by atoms with Gasteiger partial charge in [-0.1, -0.05) is 12.1 Å². The first-order chi connectivity index (χ1) is 13.6. The number of hydrogen-bond acceptors (Lipinski definition) is 6. The van der Waals surface area contributed by atoms with Gasteiger partial charge in [0.15, 0.2) is 5.76 Å². The highest BCUT2D eigenvalue weighted by molar-refractivity contribution is 7.89. The second-order valence-electron chi connectivity index (χ2n) is 5.55. The molecule has 0 aliphatic rings. The van der Waals surface area contributed by atoms with Gasteiger partial charge in [-0.25, -0.2) is 13.1 Å². The molecule has 0 radical (unpaired) electrons. The maximum absolute atomic E-state index is 12.3. The van der Waals surface area contributed by atoms with Crippen LogP contribution in [0.5, 0.6) is 5.75 Å². The largest absolute Gasteiger partial charge is 0.573 e. The van der Waals surface area contributed by atoms with Gasteiger partial charge in [-0.3, -0.25) is 4.79 Å². The van der Waals surface area contributed by atoms with E-state index in [9.17, 15) is 26.4 Å². The summed E-state index contributed by atoms with van der Waals surface area (Å²) in [5, 5.41) is 3.64. The number of nitrogens with one attached hydrogen (secondary N) is 2. The quantitative estimate of drug-likeness (QED) is 0.572. The molecule has 0 fully saturated rings. The number of halogens is 3. The zero-order chi connectivity index (χ0) is 21.1. The second-order valence-corrected chi connectivity index (χ2v) is 8.28. The molecule has 1 aromatic carbocycles. The van der Waals surface area contributed by atoms with Crippen LogP contribution in [0, 0.1) is 0 Å². The molecule has 0 unspecified atom stereocenters. The molecule has 2 heterocycles. The molecular formula is C17H13F3N2O5S2. The van der Waals surface area contributed by atoms with Gasteiger partial charge in [0.2, 0.25) is 5.09 Å². The maximum Gasteiger partial charge on any atom is 0.573 e. The summed E-state index contributed by atoms with van der Waals surface area (Å²) in [6.45, 7) is 0.0637. The van der Waals surface area contributed by atoms with Gasteiger partial charge < -0.3 is 14.5 Å². The molecule has 3 rings (SSSR count). The highest BCUT2D eigenvalue weighted by Gasteiger charge is 2.31. The number of benzene rings is 1. The maximum atomic E-state index is 12.3. The van der Waals surface area contributed by atoms with Gasteiger partial charge in [0.1, 0.15) is 5.75 Å². The third kappa shape index (κ3) is 5.82. The van der Waals surface area contributed by atoms with E-state index in [0.717, 1.165) is 29.1 Å². The van der Waals surface area contributed by atoms with E-state index < -0.39 is 33.1 Å². The van der Waals surface area contributed by atoms with E-state index in [0.29, 0.717) is 0 Å². The number of anilines is 1. The van der Waals surface area contributed by atoms with Crippen molar-refractivity contribution in [3.05, 3.63) is 64.5 Å². The SMILES string of the molecule is O=C(Nc1cccc(OC(F)(F)F)c1)c1ccc(S(=O)(=O)NCc2cccs2)o1. The van der Waals surface area contributed by atoms with Gasteiger partial charge in [0.05, 0.1) is 0 Å². The number of furan rings is 1. The highest BCUT2D eigenvalue weighted by atomic mass is 32.2. The Labute approximate surface area is 167 Å². The zero-order valence-corrected chi connectivity index (χ0v) is 16.0. The number of alkyl halides is 3. The molecule has 2 aromatic heterocycles.